The fourth-order valence-electron chi connectivity index (χ4n) is 2.53. The Morgan fingerprint density at radius 1 is 1.55 bits per heavy atom. The molecule has 1 saturated heterocycles. The van der Waals surface area contributed by atoms with E-state index >= 15 is 0 Å². The monoisotopic (exact) mass is 274 g/mol. The lowest BCUT2D eigenvalue weighted by Crippen LogP contribution is -2.31. The van der Waals surface area contributed by atoms with Crippen LogP contribution < -0.4 is 10.1 Å². The number of hydrogen-bond acceptors (Lipinski definition) is 3. The topological polar surface area (TPSA) is 63.4 Å². The molecule has 1 aromatic carbocycles. The van der Waals surface area contributed by atoms with Crippen molar-refractivity contribution in [2.45, 2.75) is 18.9 Å². The van der Waals surface area contributed by atoms with Crippen LogP contribution in [0.15, 0.2) is 24.3 Å². The van der Waals surface area contributed by atoms with E-state index in [1.807, 2.05) is 24.3 Å². The molecule has 1 aromatic heterocycles. The van der Waals surface area contributed by atoms with Gasteiger partial charge in [-0.25, -0.2) is 0 Å². The minimum atomic E-state index is -0.112. The van der Waals surface area contributed by atoms with Crippen LogP contribution in [-0.4, -0.2) is 37.3 Å². The van der Waals surface area contributed by atoms with E-state index in [-0.39, 0.29) is 12.0 Å². The summed E-state index contributed by atoms with van der Waals surface area (Å²) in [6, 6.07) is 7.52. The van der Waals surface area contributed by atoms with Crippen molar-refractivity contribution >= 4 is 16.8 Å². The normalized spacial score (nSPS) is 18.4. The second-order valence-corrected chi connectivity index (χ2v) is 4.95. The molecular formula is C15H18N2O3. The first kappa shape index (κ1) is 13.0. The first-order chi connectivity index (χ1) is 9.78. The largest absolute Gasteiger partial charge is 0.496 e. The molecule has 0 spiro atoms. The molecule has 1 amide bonds. The third-order valence-corrected chi connectivity index (χ3v) is 3.60. The molecule has 0 unspecified atom stereocenters. The van der Waals surface area contributed by atoms with Crippen LogP contribution in [0.5, 0.6) is 5.75 Å². The molecule has 0 aliphatic carbocycles. The van der Waals surface area contributed by atoms with Crippen molar-refractivity contribution < 1.29 is 14.3 Å². The Morgan fingerprint density at radius 3 is 3.20 bits per heavy atom. The van der Waals surface area contributed by atoms with Gasteiger partial charge in [-0.1, -0.05) is 6.07 Å². The Kier molecular flexibility index (Phi) is 3.60. The van der Waals surface area contributed by atoms with E-state index in [4.69, 9.17) is 9.47 Å². The molecule has 5 nitrogen and oxygen atoms in total. The molecule has 1 aliphatic rings. The quantitative estimate of drug-likeness (QED) is 0.897. The molecule has 5 heteroatoms. The van der Waals surface area contributed by atoms with Gasteiger partial charge in [0.2, 0.25) is 0 Å². The van der Waals surface area contributed by atoms with Crippen LogP contribution in [0, 0.1) is 0 Å². The third-order valence-electron chi connectivity index (χ3n) is 3.60. The SMILES string of the molecule is COc1cccc2[nH]c(C(=O)NC[C@@H]3CCCO3)cc12. The average molecular weight is 274 g/mol. The van der Waals surface area contributed by atoms with Crippen molar-refractivity contribution in [1.82, 2.24) is 10.3 Å². The number of aromatic amines is 1. The standard InChI is InChI=1S/C15H18N2O3/c1-19-14-6-2-5-12-11(14)8-13(17-12)15(18)16-9-10-4-3-7-20-10/h2,5-6,8,10,17H,3-4,7,9H2,1H3,(H,16,18)/t10-/m0/s1. The minimum absolute atomic E-state index is 0.112. The summed E-state index contributed by atoms with van der Waals surface area (Å²) in [5.41, 5.74) is 1.44. The van der Waals surface area contributed by atoms with Gasteiger partial charge in [0.15, 0.2) is 0 Å². The maximum absolute atomic E-state index is 12.1. The highest BCUT2D eigenvalue weighted by Crippen LogP contribution is 2.25. The van der Waals surface area contributed by atoms with E-state index in [0.29, 0.717) is 12.2 Å². The number of benzene rings is 1. The number of amides is 1. The summed E-state index contributed by atoms with van der Waals surface area (Å²) in [5.74, 6) is 0.649. The number of carbonyl (C=O) groups excluding carboxylic acids is 1. The number of nitrogens with one attached hydrogen (secondary N) is 2. The molecule has 1 fully saturated rings. The summed E-state index contributed by atoms with van der Waals surface area (Å²) < 4.78 is 10.8. The first-order valence-corrected chi connectivity index (χ1v) is 6.83. The van der Waals surface area contributed by atoms with E-state index in [9.17, 15) is 4.79 Å². The molecule has 20 heavy (non-hydrogen) atoms. The van der Waals surface area contributed by atoms with Crippen LogP contribution in [-0.2, 0) is 4.74 Å². The van der Waals surface area contributed by atoms with Crippen molar-refractivity contribution in [2.24, 2.45) is 0 Å². The maximum Gasteiger partial charge on any atom is 0.267 e. The van der Waals surface area contributed by atoms with Crippen LogP contribution in [0.25, 0.3) is 10.9 Å². The Morgan fingerprint density at radius 2 is 2.45 bits per heavy atom. The fourth-order valence-corrected chi connectivity index (χ4v) is 2.53. The molecule has 2 aromatic rings. The van der Waals surface area contributed by atoms with Gasteiger partial charge in [0.25, 0.3) is 5.91 Å². The van der Waals surface area contributed by atoms with Gasteiger partial charge >= 0.3 is 0 Å². The third kappa shape index (κ3) is 2.49. The zero-order valence-electron chi connectivity index (χ0n) is 11.4. The van der Waals surface area contributed by atoms with Crippen LogP contribution in [0.2, 0.25) is 0 Å². The van der Waals surface area contributed by atoms with Gasteiger partial charge in [-0.2, -0.15) is 0 Å². The number of methoxy groups -OCH3 is 1. The number of rotatable bonds is 4. The number of H-pyrrole nitrogens is 1. The molecule has 106 valence electrons. The second-order valence-electron chi connectivity index (χ2n) is 4.95. The predicted molar refractivity (Wildman–Crippen MR) is 76.2 cm³/mol. The molecule has 0 saturated carbocycles. The summed E-state index contributed by atoms with van der Waals surface area (Å²) in [6.45, 7) is 1.36. The van der Waals surface area contributed by atoms with Crippen LogP contribution in [0.3, 0.4) is 0 Å². The zero-order valence-corrected chi connectivity index (χ0v) is 11.4. The smallest absolute Gasteiger partial charge is 0.267 e. The predicted octanol–water partition coefficient (Wildman–Crippen LogP) is 2.09. The number of carbonyl (C=O) groups is 1. The lowest BCUT2D eigenvalue weighted by atomic mass is 10.2. The summed E-state index contributed by atoms with van der Waals surface area (Å²) >= 11 is 0. The molecular weight excluding hydrogens is 256 g/mol. The minimum Gasteiger partial charge on any atom is -0.496 e. The number of fused-ring (bicyclic) bond motifs is 1. The van der Waals surface area contributed by atoms with E-state index in [0.717, 1.165) is 36.1 Å². The maximum atomic E-state index is 12.1. The first-order valence-electron chi connectivity index (χ1n) is 6.83. The second kappa shape index (κ2) is 5.54. The molecule has 0 bridgehead atoms. The highest BCUT2D eigenvalue weighted by atomic mass is 16.5. The summed E-state index contributed by atoms with van der Waals surface area (Å²) in [6.07, 6.45) is 2.24. The van der Waals surface area contributed by atoms with Gasteiger partial charge in [-0.05, 0) is 31.0 Å². The van der Waals surface area contributed by atoms with Gasteiger partial charge < -0.3 is 19.8 Å². The highest BCUT2D eigenvalue weighted by molar-refractivity contribution is 5.99. The zero-order chi connectivity index (χ0) is 13.9. The Labute approximate surface area is 117 Å². The molecule has 0 radical (unpaired) electrons. The highest BCUT2D eigenvalue weighted by Gasteiger charge is 2.17. The lowest BCUT2D eigenvalue weighted by Gasteiger charge is -2.09. The Balaban J connectivity index is 1.74. The number of ether oxygens (including phenoxy) is 2. The number of hydrogen-bond donors (Lipinski definition) is 2. The average Bonchev–Trinajstić information content (AvgIpc) is 3.12. The van der Waals surface area contributed by atoms with Crippen molar-refractivity contribution in [1.29, 1.82) is 0 Å². The van der Waals surface area contributed by atoms with Gasteiger partial charge in [0.05, 0.1) is 13.2 Å². The van der Waals surface area contributed by atoms with E-state index < -0.39 is 0 Å². The molecule has 1 atom stereocenters. The van der Waals surface area contributed by atoms with Gasteiger partial charge in [0, 0.05) is 24.1 Å². The van der Waals surface area contributed by atoms with Crippen LogP contribution in [0.4, 0.5) is 0 Å². The number of aromatic nitrogens is 1. The Bertz CT molecular complexity index is 615. The molecule has 2 heterocycles. The van der Waals surface area contributed by atoms with Crippen molar-refractivity contribution in [3.05, 3.63) is 30.0 Å². The lowest BCUT2D eigenvalue weighted by molar-refractivity contribution is 0.0854. The van der Waals surface area contributed by atoms with Crippen LogP contribution >= 0.6 is 0 Å². The van der Waals surface area contributed by atoms with E-state index in [1.165, 1.54) is 0 Å². The molecule has 3 rings (SSSR count). The fraction of sp³-hybridized carbons (Fsp3) is 0.400. The summed E-state index contributed by atoms with van der Waals surface area (Å²) in [7, 11) is 1.62. The van der Waals surface area contributed by atoms with Gasteiger partial charge in [-0.3, -0.25) is 4.79 Å². The molecule has 1 aliphatic heterocycles. The summed E-state index contributed by atoms with van der Waals surface area (Å²) in [5, 5.41) is 3.82. The molecule has 2 N–H and O–H groups in total. The van der Waals surface area contributed by atoms with Crippen molar-refractivity contribution in [2.75, 3.05) is 20.3 Å². The van der Waals surface area contributed by atoms with E-state index in [2.05, 4.69) is 10.3 Å². The van der Waals surface area contributed by atoms with Gasteiger partial charge in [-0.15, -0.1) is 0 Å². The van der Waals surface area contributed by atoms with Gasteiger partial charge in [0.1, 0.15) is 11.4 Å². The summed E-state index contributed by atoms with van der Waals surface area (Å²) in [4.78, 5) is 15.2. The van der Waals surface area contributed by atoms with Crippen LogP contribution in [0.1, 0.15) is 23.3 Å². The van der Waals surface area contributed by atoms with Crippen molar-refractivity contribution in [3.8, 4) is 5.75 Å². The van der Waals surface area contributed by atoms with E-state index in [1.54, 1.807) is 7.11 Å². The van der Waals surface area contributed by atoms with Crippen molar-refractivity contribution in [3.63, 3.8) is 0 Å². The Hall–Kier alpha value is -2.01.